The van der Waals surface area contributed by atoms with E-state index in [1.54, 1.807) is 51.7 Å². The zero-order valence-corrected chi connectivity index (χ0v) is 22.4. The first-order valence-corrected chi connectivity index (χ1v) is 13.2. The Balaban J connectivity index is 1.57. The second-order valence-electron chi connectivity index (χ2n) is 9.74. The van der Waals surface area contributed by atoms with Gasteiger partial charge in [0.1, 0.15) is 34.1 Å². The Labute approximate surface area is 226 Å². The van der Waals surface area contributed by atoms with Crippen LogP contribution in [0.2, 0.25) is 0 Å². The molecule has 1 N–H and O–H groups in total. The van der Waals surface area contributed by atoms with Crippen molar-refractivity contribution in [1.82, 2.24) is 0 Å². The van der Waals surface area contributed by atoms with Gasteiger partial charge in [-0.15, -0.1) is 0 Å². The predicted octanol–water partition coefficient (Wildman–Crippen LogP) is 5.64. The molecule has 0 unspecified atom stereocenters. The maximum atomic E-state index is 13.8. The van der Waals surface area contributed by atoms with Crippen molar-refractivity contribution in [2.45, 2.75) is 25.7 Å². The van der Waals surface area contributed by atoms with E-state index in [1.165, 1.54) is 16.8 Å². The zero-order valence-electron chi connectivity index (χ0n) is 22.4. The van der Waals surface area contributed by atoms with Crippen LogP contribution in [0.4, 0.5) is 17.1 Å². The number of ether oxygens (including phenoxy) is 3. The maximum Gasteiger partial charge on any atom is 0.261 e. The van der Waals surface area contributed by atoms with Crippen molar-refractivity contribution in [3.05, 3.63) is 76.8 Å². The average molecular weight is 526 g/mol. The normalized spacial score (nSPS) is 14.6. The summed E-state index contributed by atoms with van der Waals surface area (Å²) in [5.74, 6) is 1.38. The lowest BCUT2D eigenvalue weighted by Gasteiger charge is -2.37. The molecule has 2 aliphatic heterocycles. The number of carbonyl (C=O) groups is 1. The standard InChI is InChI=1S/C31H31N3O5/c1-36-21-12-13-25(27(18-21)38-3)33-31-23(30(35)32-24-10-4-5-11-26(24)37-2)17-20-16-19-8-6-14-34-15-7-9-22(28(19)34)29(20)39-31/h4-5,10-13,16-18H,6-9,14-15H2,1-3H3,(H,32,35). The minimum Gasteiger partial charge on any atom is -0.497 e. The van der Waals surface area contributed by atoms with E-state index >= 15 is 0 Å². The number of aryl methyl sites for hydroxylation is 2. The molecule has 6 rings (SSSR count). The Morgan fingerprint density at radius 2 is 1.72 bits per heavy atom. The molecule has 1 aromatic heterocycles. The van der Waals surface area contributed by atoms with Crippen LogP contribution in [0.25, 0.3) is 11.0 Å². The molecular formula is C31H31N3O5. The molecule has 2 aliphatic rings. The Morgan fingerprint density at radius 3 is 2.51 bits per heavy atom. The molecule has 0 radical (unpaired) electrons. The summed E-state index contributed by atoms with van der Waals surface area (Å²) in [4.78, 5) is 21.0. The smallest absolute Gasteiger partial charge is 0.261 e. The summed E-state index contributed by atoms with van der Waals surface area (Å²) < 4.78 is 22.9. The Kier molecular flexibility index (Phi) is 6.60. The predicted molar refractivity (Wildman–Crippen MR) is 151 cm³/mol. The molecule has 1 amide bonds. The van der Waals surface area contributed by atoms with Gasteiger partial charge >= 0.3 is 0 Å². The summed E-state index contributed by atoms with van der Waals surface area (Å²) in [6.07, 6.45) is 4.14. The van der Waals surface area contributed by atoms with Crippen molar-refractivity contribution in [3.8, 4) is 17.2 Å². The van der Waals surface area contributed by atoms with Crippen molar-refractivity contribution >= 4 is 33.9 Å². The molecule has 0 aliphatic carbocycles. The molecule has 0 spiro atoms. The van der Waals surface area contributed by atoms with E-state index in [-0.39, 0.29) is 11.5 Å². The van der Waals surface area contributed by atoms with Gasteiger partial charge in [0.25, 0.3) is 5.91 Å². The molecule has 0 saturated heterocycles. The highest BCUT2D eigenvalue weighted by Gasteiger charge is 2.27. The van der Waals surface area contributed by atoms with Crippen LogP contribution < -0.4 is 30.0 Å². The van der Waals surface area contributed by atoms with Crippen LogP contribution in [0.15, 0.2) is 64.0 Å². The minimum atomic E-state index is -0.343. The lowest BCUT2D eigenvalue weighted by atomic mass is 9.90. The van der Waals surface area contributed by atoms with E-state index in [1.807, 2.05) is 18.2 Å². The fraction of sp³-hybridized carbons (Fsp3) is 0.290. The first-order valence-electron chi connectivity index (χ1n) is 13.2. The van der Waals surface area contributed by atoms with Gasteiger partial charge in [-0.2, -0.15) is 0 Å². The van der Waals surface area contributed by atoms with Crippen LogP contribution in [-0.4, -0.2) is 40.3 Å². The number of nitrogens with zero attached hydrogens (tertiary/aromatic N) is 2. The monoisotopic (exact) mass is 525 g/mol. The second kappa shape index (κ2) is 10.4. The lowest BCUT2D eigenvalue weighted by Crippen LogP contribution is -2.34. The summed E-state index contributed by atoms with van der Waals surface area (Å²) in [6, 6.07) is 16.7. The number of amides is 1. The number of benzene rings is 3. The van der Waals surface area contributed by atoms with E-state index in [0.29, 0.717) is 34.2 Å². The molecule has 0 atom stereocenters. The number of nitrogens with one attached hydrogen (secondary N) is 1. The van der Waals surface area contributed by atoms with Crippen LogP contribution in [0, 0.1) is 0 Å². The van der Waals surface area contributed by atoms with E-state index in [2.05, 4.69) is 16.3 Å². The number of hydrogen-bond acceptors (Lipinski definition) is 7. The number of hydrogen-bond donors (Lipinski definition) is 1. The van der Waals surface area contributed by atoms with Gasteiger partial charge in [-0.05, 0) is 67.6 Å². The molecule has 39 heavy (non-hydrogen) atoms. The van der Waals surface area contributed by atoms with Gasteiger partial charge in [0.2, 0.25) is 5.55 Å². The summed E-state index contributed by atoms with van der Waals surface area (Å²) in [5.41, 5.74) is 6.21. The first-order chi connectivity index (χ1) is 19.1. The zero-order chi connectivity index (χ0) is 26.9. The van der Waals surface area contributed by atoms with Crippen LogP contribution in [0.1, 0.15) is 34.3 Å². The molecule has 8 nitrogen and oxygen atoms in total. The third-order valence-corrected chi connectivity index (χ3v) is 7.44. The Bertz CT molecular complexity index is 1640. The van der Waals surface area contributed by atoms with Gasteiger partial charge in [0, 0.05) is 35.8 Å². The van der Waals surface area contributed by atoms with E-state index in [4.69, 9.17) is 23.6 Å². The minimum absolute atomic E-state index is 0.211. The van der Waals surface area contributed by atoms with Gasteiger partial charge in [-0.1, -0.05) is 12.1 Å². The third kappa shape index (κ3) is 4.56. The first kappa shape index (κ1) is 24.9. The van der Waals surface area contributed by atoms with E-state index < -0.39 is 0 Å². The fourth-order valence-corrected chi connectivity index (χ4v) is 5.62. The molecule has 3 aromatic carbocycles. The average Bonchev–Trinajstić information content (AvgIpc) is 2.97. The molecule has 0 fully saturated rings. The number of fused-ring (bicyclic) bond motifs is 2. The SMILES string of the molecule is COc1ccc(N=c2oc3c4c5c(cc3cc2C(=O)Nc2ccccc2OC)CCCN5CCC4)c(OC)c1. The van der Waals surface area contributed by atoms with Crippen molar-refractivity contribution in [3.63, 3.8) is 0 Å². The van der Waals surface area contributed by atoms with Crippen molar-refractivity contribution in [2.24, 2.45) is 4.99 Å². The van der Waals surface area contributed by atoms with Gasteiger partial charge in [-0.25, -0.2) is 4.99 Å². The van der Waals surface area contributed by atoms with Crippen LogP contribution in [0.3, 0.4) is 0 Å². The molecule has 200 valence electrons. The molecule has 4 aromatic rings. The van der Waals surface area contributed by atoms with Crippen molar-refractivity contribution in [2.75, 3.05) is 44.6 Å². The van der Waals surface area contributed by atoms with Crippen molar-refractivity contribution in [1.29, 1.82) is 0 Å². The number of para-hydroxylation sites is 2. The van der Waals surface area contributed by atoms with Gasteiger partial charge in [0.15, 0.2) is 0 Å². The summed E-state index contributed by atoms with van der Waals surface area (Å²) in [5, 5.41) is 3.88. The number of carbonyl (C=O) groups excluding carboxylic acids is 1. The Morgan fingerprint density at radius 1 is 0.923 bits per heavy atom. The highest BCUT2D eigenvalue weighted by atomic mass is 16.5. The second-order valence-corrected chi connectivity index (χ2v) is 9.74. The van der Waals surface area contributed by atoms with Crippen LogP contribution in [0.5, 0.6) is 17.2 Å². The number of anilines is 2. The largest absolute Gasteiger partial charge is 0.497 e. The highest BCUT2D eigenvalue weighted by Crippen LogP contribution is 2.40. The van der Waals surface area contributed by atoms with Crippen molar-refractivity contribution < 1.29 is 23.4 Å². The summed E-state index contributed by atoms with van der Waals surface area (Å²) in [6.45, 7) is 2.12. The van der Waals surface area contributed by atoms with E-state index in [0.717, 1.165) is 49.7 Å². The quantitative estimate of drug-likeness (QED) is 0.351. The van der Waals surface area contributed by atoms with E-state index in [9.17, 15) is 4.79 Å². The summed E-state index contributed by atoms with van der Waals surface area (Å²) >= 11 is 0. The topological polar surface area (TPSA) is 85.5 Å². The van der Waals surface area contributed by atoms with Gasteiger partial charge in [0.05, 0.1) is 27.0 Å². The third-order valence-electron chi connectivity index (χ3n) is 7.44. The van der Waals surface area contributed by atoms with Gasteiger partial charge in [-0.3, -0.25) is 4.79 Å². The highest BCUT2D eigenvalue weighted by molar-refractivity contribution is 6.06. The summed E-state index contributed by atoms with van der Waals surface area (Å²) in [7, 11) is 4.75. The molecule has 0 saturated carbocycles. The molecule has 0 bridgehead atoms. The van der Waals surface area contributed by atoms with Crippen LogP contribution in [-0.2, 0) is 12.8 Å². The molecule has 8 heteroatoms. The molecule has 3 heterocycles. The lowest BCUT2D eigenvalue weighted by molar-refractivity contribution is 0.102. The van der Waals surface area contributed by atoms with Crippen LogP contribution >= 0.6 is 0 Å². The fourth-order valence-electron chi connectivity index (χ4n) is 5.62. The number of methoxy groups -OCH3 is 3. The maximum absolute atomic E-state index is 13.8. The Hall–Kier alpha value is -4.46. The molecular weight excluding hydrogens is 494 g/mol. The number of rotatable bonds is 6. The van der Waals surface area contributed by atoms with Gasteiger partial charge < -0.3 is 28.8 Å².